The number of benzene rings is 2. The molecule has 0 aromatic heterocycles. The van der Waals surface area contributed by atoms with Crippen molar-refractivity contribution in [2.75, 3.05) is 0 Å². The summed E-state index contributed by atoms with van der Waals surface area (Å²) in [6.45, 7) is 5.91. The van der Waals surface area contributed by atoms with Gasteiger partial charge >= 0.3 is 10.1 Å². The lowest BCUT2D eigenvalue weighted by atomic mass is 10.0. The van der Waals surface area contributed by atoms with Crippen molar-refractivity contribution in [3.8, 4) is 5.75 Å². The molecule has 20 heavy (non-hydrogen) atoms. The van der Waals surface area contributed by atoms with Gasteiger partial charge < -0.3 is 4.18 Å². The third-order valence-electron chi connectivity index (χ3n) is 3.05. The van der Waals surface area contributed by atoms with Gasteiger partial charge in [0.1, 0.15) is 10.6 Å². The summed E-state index contributed by atoms with van der Waals surface area (Å²) in [5, 5.41) is 0. The molecule has 0 heterocycles. The standard InChI is InChI=1S/C16H18O3S/c1-12(2)15-6-4-5-7-16(15)19-20(17,18)14-10-8-13(3)9-11-14/h4-12H,1-3H3. The molecule has 0 atom stereocenters. The monoisotopic (exact) mass is 290 g/mol. The second-order valence-electron chi connectivity index (χ2n) is 5.04. The molecule has 2 aromatic carbocycles. The maximum Gasteiger partial charge on any atom is 0.339 e. The molecule has 2 aromatic rings. The predicted octanol–water partition coefficient (Wildman–Crippen LogP) is 3.89. The topological polar surface area (TPSA) is 43.4 Å². The fourth-order valence-corrected chi connectivity index (χ4v) is 2.86. The predicted molar refractivity (Wildman–Crippen MR) is 79.5 cm³/mol. The molecule has 3 nitrogen and oxygen atoms in total. The van der Waals surface area contributed by atoms with Crippen LogP contribution in [0.2, 0.25) is 0 Å². The number of hydrogen-bond donors (Lipinski definition) is 0. The van der Waals surface area contributed by atoms with Gasteiger partial charge in [0.15, 0.2) is 0 Å². The third kappa shape index (κ3) is 3.20. The average Bonchev–Trinajstić information content (AvgIpc) is 2.39. The average molecular weight is 290 g/mol. The third-order valence-corrected chi connectivity index (χ3v) is 4.30. The van der Waals surface area contributed by atoms with Crippen molar-refractivity contribution in [1.29, 1.82) is 0 Å². The molecule has 0 aliphatic heterocycles. The second kappa shape index (κ2) is 5.67. The van der Waals surface area contributed by atoms with Crippen LogP contribution in [0.1, 0.15) is 30.9 Å². The van der Waals surface area contributed by atoms with E-state index in [2.05, 4.69) is 0 Å². The first kappa shape index (κ1) is 14.6. The molecule has 0 fully saturated rings. The lowest BCUT2D eigenvalue weighted by Gasteiger charge is -2.13. The Labute approximate surface area is 120 Å². The summed E-state index contributed by atoms with van der Waals surface area (Å²) >= 11 is 0. The minimum Gasteiger partial charge on any atom is -0.379 e. The van der Waals surface area contributed by atoms with Crippen molar-refractivity contribution in [2.45, 2.75) is 31.6 Å². The maximum absolute atomic E-state index is 12.3. The zero-order valence-corrected chi connectivity index (χ0v) is 12.6. The van der Waals surface area contributed by atoms with Gasteiger partial charge in [-0.3, -0.25) is 0 Å². The van der Waals surface area contributed by atoms with Crippen LogP contribution in [0.5, 0.6) is 5.75 Å². The summed E-state index contributed by atoms with van der Waals surface area (Å²) in [5.74, 6) is 0.586. The van der Waals surface area contributed by atoms with Gasteiger partial charge in [-0.2, -0.15) is 8.42 Å². The van der Waals surface area contributed by atoms with E-state index in [1.165, 1.54) is 0 Å². The number of para-hydroxylation sites is 1. The quantitative estimate of drug-likeness (QED) is 0.802. The molecule has 0 aliphatic rings. The molecule has 0 N–H and O–H groups in total. The van der Waals surface area contributed by atoms with Gasteiger partial charge in [-0.1, -0.05) is 49.7 Å². The van der Waals surface area contributed by atoms with Crippen molar-refractivity contribution in [2.24, 2.45) is 0 Å². The van der Waals surface area contributed by atoms with Crippen molar-refractivity contribution in [1.82, 2.24) is 0 Å². The van der Waals surface area contributed by atoms with Gasteiger partial charge in [0.25, 0.3) is 0 Å². The Bertz CT molecular complexity index is 686. The number of hydrogen-bond acceptors (Lipinski definition) is 3. The summed E-state index contributed by atoms with van der Waals surface area (Å²) in [6, 6.07) is 13.8. The summed E-state index contributed by atoms with van der Waals surface area (Å²) < 4.78 is 29.8. The molecule has 0 saturated carbocycles. The number of aryl methyl sites for hydroxylation is 1. The van der Waals surface area contributed by atoms with Crippen LogP contribution in [0.3, 0.4) is 0 Å². The summed E-state index contributed by atoms with van der Waals surface area (Å²) in [5.41, 5.74) is 1.88. The van der Waals surface area contributed by atoms with Gasteiger partial charge in [-0.25, -0.2) is 0 Å². The van der Waals surface area contributed by atoms with Gasteiger partial charge in [-0.15, -0.1) is 0 Å². The van der Waals surface area contributed by atoms with Crippen molar-refractivity contribution < 1.29 is 12.6 Å². The van der Waals surface area contributed by atoms with E-state index in [1.54, 1.807) is 36.4 Å². The van der Waals surface area contributed by atoms with Crippen LogP contribution in [-0.4, -0.2) is 8.42 Å². The van der Waals surface area contributed by atoms with Crippen LogP contribution >= 0.6 is 0 Å². The summed E-state index contributed by atoms with van der Waals surface area (Å²) in [7, 11) is -3.79. The van der Waals surface area contributed by atoms with Gasteiger partial charge in [0, 0.05) is 0 Å². The minimum absolute atomic E-state index is 0.168. The highest BCUT2D eigenvalue weighted by atomic mass is 32.2. The molecule has 4 heteroatoms. The first-order chi connectivity index (χ1) is 9.40. The Hall–Kier alpha value is -1.81. The largest absolute Gasteiger partial charge is 0.379 e. The molecule has 0 radical (unpaired) electrons. The lowest BCUT2D eigenvalue weighted by Crippen LogP contribution is -2.11. The second-order valence-corrected chi connectivity index (χ2v) is 6.59. The highest BCUT2D eigenvalue weighted by Gasteiger charge is 2.18. The Morgan fingerprint density at radius 3 is 2.15 bits per heavy atom. The Morgan fingerprint density at radius 2 is 1.55 bits per heavy atom. The van der Waals surface area contributed by atoms with Crippen molar-refractivity contribution >= 4 is 10.1 Å². The maximum atomic E-state index is 12.3. The van der Waals surface area contributed by atoms with E-state index in [-0.39, 0.29) is 10.8 Å². The van der Waals surface area contributed by atoms with Gasteiger partial charge in [0.2, 0.25) is 0 Å². The van der Waals surface area contributed by atoms with Gasteiger partial charge in [0.05, 0.1) is 0 Å². The zero-order valence-electron chi connectivity index (χ0n) is 11.8. The molecule has 0 bridgehead atoms. The van der Waals surface area contributed by atoms with Crippen LogP contribution < -0.4 is 4.18 Å². The molecular formula is C16H18O3S. The van der Waals surface area contributed by atoms with E-state index in [0.29, 0.717) is 5.75 Å². The molecule has 0 saturated heterocycles. The van der Waals surface area contributed by atoms with Gasteiger partial charge in [-0.05, 0) is 36.6 Å². The number of rotatable bonds is 4. The van der Waals surface area contributed by atoms with E-state index >= 15 is 0 Å². The van der Waals surface area contributed by atoms with Crippen LogP contribution in [0.15, 0.2) is 53.4 Å². The Kier molecular flexibility index (Phi) is 4.14. The SMILES string of the molecule is Cc1ccc(S(=O)(=O)Oc2ccccc2C(C)C)cc1. The van der Waals surface area contributed by atoms with Crippen LogP contribution in [0.25, 0.3) is 0 Å². The van der Waals surface area contributed by atoms with E-state index in [4.69, 9.17) is 4.18 Å². The summed E-state index contributed by atoms with van der Waals surface area (Å²) in [6.07, 6.45) is 0. The van der Waals surface area contributed by atoms with E-state index in [1.807, 2.05) is 32.9 Å². The highest BCUT2D eigenvalue weighted by Crippen LogP contribution is 2.28. The fourth-order valence-electron chi connectivity index (χ4n) is 1.90. The zero-order chi connectivity index (χ0) is 14.8. The van der Waals surface area contributed by atoms with E-state index in [9.17, 15) is 8.42 Å². The normalized spacial score (nSPS) is 11.6. The summed E-state index contributed by atoms with van der Waals surface area (Å²) in [4.78, 5) is 0.168. The molecule has 0 amide bonds. The van der Waals surface area contributed by atoms with Crippen molar-refractivity contribution in [3.63, 3.8) is 0 Å². The molecular weight excluding hydrogens is 272 g/mol. The molecule has 2 rings (SSSR count). The first-order valence-corrected chi connectivity index (χ1v) is 7.91. The van der Waals surface area contributed by atoms with Crippen LogP contribution in [0.4, 0.5) is 0 Å². The van der Waals surface area contributed by atoms with Crippen LogP contribution in [0, 0.1) is 6.92 Å². The Balaban J connectivity index is 2.36. The highest BCUT2D eigenvalue weighted by molar-refractivity contribution is 7.87. The first-order valence-electron chi connectivity index (χ1n) is 6.50. The molecule has 0 aliphatic carbocycles. The van der Waals surface area contributed by atoms with Crippen LogP contribution in [-0.2, 0) is 10.1 Å². The van der Waals surface area contributed by atoms with E-state index < -0.39 is 10.1 Å². The fraction of sp³-hybridized carbons (Fsp3) is 0.250. The minimum atomic E-state index is -3.79. The molecule has 0 unspecified atom stereocenters. The molecule has 106 valence electrons. The Morgan fingerprint density at radius 1 is 0.950 bits per heavy atom. The van der Waals surface area contributed by atoms with E-state index in [0.717, 1.165) is 11.1 Å². The smallest absolute Gasteiger partial charge is 0.339 e. The van der Waals surface area contributed by atoms with Crippen molar-refractivity contribution in [3.05, 3.63) is 59.7 Å². The lowest BCUT2D eigenvalue weighted by molar-refractivity contribution is 0.481. The molecule has 0 spiro atoms.